The number of nitrogens with zero attached hydrogens (tertiary/aromatic N) is 5. The van der Waals surface area contributed by atoms with E-state index in [9.17, 15) is 13.6 Å². The first kappa shape index (κ1) is 19.1. The zero-order valence-corrected chi connectivity index (χ0v) is 16.9. The quantitative estimate of drug-likeness (QED) is 0.806. The van der Waals surface area contributed by atoms with Crippen LogP contribution in [0, 0.1) is 5.92 Å². The van der Waals surface area contributed by atoms with Crippen molar-refractivity contribution in [2.75, 3.05) is 5.32 Å². The van der Waals surface area contributed by atoms with Crippen LogP contribution < -0.4 is 5.32 Å². The minimum Gasteiger partial charge on any atom is -0.332 e. The molecule has 2 aromatic heterocycles. The number of hydrogen-bond donors (Lipinski definition) is 1. The lowest BCUT2D eigenvalue weighted by molar-refractivity contribution is -0.137. The van der Waals surface area contributed by atoms with Crippen LogP contribution in [0.15, 0.2) is 30.7 Å². The molecule has 2 bridgehead atoms. The number of carbonyl (C=O) groups excluding carboxylic acids is 1. The Balaban J connectivity index is 1.33. The summed E-state index contributed by atoms with van der Waals surface area (Å²) in [6, 6.07) is 1.95. The van der Waals surface area contributed by atoms with Gasteiger partial charge in [-0.05, 0) is 44.7 Å². The first-order valence-corrected chi connectivity index (χ1v) is 10.4. The van der Waals surface area contributed by atoms with Crippen LogP contribution in [-0.2, 0) is 4.79 Å². The first-order valence-electron chi connectivity index (χ1n) is 10.4. The molecule has 0 aromatic carbocycles. The molecular weight excluding hydrogens is 390 g/mol. The average molecular weight is 414 g/mol. The summed E-state index contributed by atoms with van der Waals surface area (Å²) in [5.41, 5.74) is 2.64. The third kappa shape index (κ3) is 3.36. The third-order valence-corrected chi connectivity index (χ3v) is 6.15. The highest BCUT2D eigenvalue weighted by Gasteiger charge is 2.63. The molecule has 1 saturated heterocycles. The number of amides is 1. The Kier molecular flexibility index (Phi) is 4.37. The van der Waals surface area contributed by atoms with Gasteiger partial charge in [-0.25, -0.2) is 18.7 Å². The number of fused-ring (bicyclic) bond motifs is 2. The summed E-state index contributed by atoms with van der Waals surface area (Å²) in [4.78, 5) is 23.2. The minimum absolute atomic E-state index is 0.0328. The molecule has 1 N–H and O–H groups in total. The molecule has 3 aliphatic rings. The number of carbonyl (C=O) groups is 1. The maximum Gasteiger partial charge on any atom is 0.260 e. The molecule has 1 saturated carbocycles. The Hall–Kier alpha value is -2.84. The lowest BCUT2D eigenvalue weighted by atomic mass is 9.98. The molecule has 2 aromatic rings. The standard InChI is InChI=1S/C21H24F2N6O/c1-12(2)28-11-14(10-25-28)26-20-24-6-5-18(27-20)13-7-15-3-4-16(8-13)29(15)19(30)17-9-21(17,22)23/h5-7,10-12,15-17H,3-4,8-9H2,1-2H3,(H,24,26,27)/t15?,16?,17-/m0/s1. The molecule has 30 heavy (non-hydrogen) atoms. The Bertz CT molecular complexity index is 1020. The molecule has 9 heteroatoms. The van der Waals surface area contributed by atoms with Gasteiger partial charge in [-0.2, -0.15) is 5.10 Å². The van der Waals surface area contributed by atoms with Crippen molar-refractivity contribution in [2.24, 2.45) is 5.92 Å². The van der Waals surface area contributed by atoms with E-state index in [1.807, 2.05) is 23.0 Å². The van der Waals surface area contributed by atoms with Crippen molar-refractivity contribution in [3.8, 4) is 0 Å². The van der Waals surface area contributed by atoms with Gasteiger partial charge < -0.3 is 10.2 Å². The number of alkyl halides is 2. The normalized spacial score (nSPS) is 26.6. The van der Waals surface area contributed by atoms with Gasteiger partial charge in [0, 0.05) is 30.9 Å². The number of anilines is 2. The van der Waals surface area contributed by atoms with Crippen LogP contribution in [0.25, 0.3) is 5.57 Å². The molecule has 2 fully saturated rings. The van der Waals surface area contributed by atoms with Gasteiger partial charge in [-0.15, -0.1) is 0 Å². The van der Waals surface area contributed by atoms with Crippen LogP contribution >= 0.6 is 0 Å². The number of hydrogen-bond acceptors (Lipinski definition) is 5. The summed E-state index contributed by atoms with van der Waals surface area (Å²) in [6.07, 6.45) is 9.30. The highest BCUT2D eigenvalue weighted by molar-refractivity contribution is 5.85. The molecule has 1 aliphatic carbocycles. The summed E-state index contributed by atoms with van der Waals surface area (Å²) < 4.78 is 28.6. The number of aromatic nitrogens is 4. The van der Waals surface area contributed by atoms with E-state index in [2.05, 4.69) is 34.2 Å². The first-order chi connectivity index (χ1) is 14.3. The second-order valence-electron chi connectivity index (χ2n) is 8.65. The molecule has 5 rings (SSSR count). The summed E-state index contributed by atoms with van der Waals surface area (Å²) in [6.45, 7) is 4.10. The fourth-order valence-electron chi connectivity index (χ4n) is 4.44. The summed E-state index contributed by atoms with van der Waals surface area (Å²) in [5.74, 6) is -3.87. The molecule has 7 nitrogen and oxygen atoms in total. The second kappa shape index (κ2) is 6.85. The van der Waals surface area contributed by atoms with Crippen LogP contribution in [0.2, 0.25) is 0 Å². The Morgan fingerprint density at radius 2 is 2.13 bits per heavy atom. The molecule has 4 heterocycles. The van der Waals surface area contributed by atoms with Crippen molar-refractivity contribution in [3.63, 3.8) is 0 Å². The van der Waals surface area contributed by atoms with Gasteiger partial charge in [0.05, 0.1) is 23.6 Å². The van der Waals surface area contributed by atoms with Crippen molar-refractivity contribution >= 4 is 23.1 Å². The van der Waals surface area contributed by atoms with Gasteiger partial charge in [-0.1, -0.05) is 6.08 Å². The van der Waals surface area contributed by atoms with Gasteiger partial charge in [0.15, 0.2) is 0 Å². The number of rotatable bonds is 5. The topological polar surface area (TPSA) is 75.9 Å². The Labute approximate surface area is 173 Å². The van der Waals surface area contributed by atoms with E-state index in [4.69, 9.17) is 0 Å². The minimum atomic E-state index is -2.82. The molecule has 158 valence electrons. The van der Waals surface area contributed by atoms with Gasteiger partial charge in [-0.3, -0.25) is 9.48 Å². The predicted octanol–water partition coefficient (Wildman–Crippen LogP) is 3.80. The molecule has 2 aliphatic heterocycles. The summed E-state index contributed by atoms with van der Waals surface area (Å²) in [7, 11) is 0. The van der Waals surface area contributed by atoms with E-state index in [0.717, 1.165) is 29.8 Å². The molecule has 0 spiro atoms. The van der Waals surface area contributed by atoms with E-state index < -0.39 is 17.7 Å². The maximum atomic E-state index is 13.4. The SMILES string of the molecule is CC(C)n1cc(Nc2nccc(C3=CC4CCC(C3)N4C(=O)[C@@H]3CC3(F)F)n2)cn1. The fraction of sp³-hybridized carbons (Fsp3) is 0.524. The summed E-state index contributed by atoms with van der Waals surface area (Å²) >= 11 is 0. The van der Waals surface area contributed by atoms with E-state index >= 15 is 0 Å². The smallest absolute Gasteiger partial charge is 0.260 e. The zero-order chi connectivity index (χ0) is 21.0. The van der Waals surface area contributed by atoms with Gasteiger partial charge in [0.25, 0.3) is 5.92 Å². The van der Waals surface area contributed by atoms with Gasteiger partial charge >= 0.3 is 0 Å². The van der Waals surface area contributed by atoms with Gasteiger partial charge in [0.2, 0.25) is 11.9 Å². The lowest BCUT2D eigenvalue weighted by Crippen LogP contribution is -2.44. The monoisotopic (exact) mass is 414 g/mol. The van der Waals surface area contributed by atoms with Crippen LogP contribution in [0.1, 0.15) is 51.3 Å². The second-order valence-corrected chi connectivity index (χ2v) is 8.65. The van der Waals surface area contributed by atoms with Crippen LogP contribution in [0.5, 0.6) is 0 Å². The zero-order valence-electron chi connectivity index (χ0n) is 16.9. The maximum absolute atomic E-state index is 13.4. The third-order valence-electron chi connectivity index (χ3n) is 6.15. The van der Waals surface area contributed by atoms with Crippen molar-refractivity contribution < 1.29 is 13.6 Å². The number of halogens is 2. The Morgan fingerprint density at radius 3 is 2.80 bits per heavy atom. The number of nitrogens with one attached hydrogen (secondary N) is 1. The molecule has 1 amide bonds. The fourth-order valence-corrected chi connectivity index (χ4v) is 4.44. The molecular formula is C21H24F2N6O. The molecule has 2 unspecified atom stereocenters. The molecule has 3 atom stereocenters. The largest absolute Gasteiger partial charge is 0.332 e. The van der Waals surface area contributed by atoms with Crippen molar-refractivity contribution in [3.05, 3.63) is 36.4 Å². The Morgan fingerprint density at radius 1 is 1.33 bits per heavy atom. The van der Waals surface area contributed by atoms with E-state index in [-0.39, 0.29) is 24.5 Å². The van der Waals surface area contributed by atoms with Gasteiger partial charge in [0.1, 0.15) is 5.92 Å². The highest BCUT2D eigenvalue weighted by Crippen LogP contribution is 2.51. The van der Waals surface area contributed by atoms with Crippen molar-refractivity contribution in [1.29, 1.82) is 0 Å². The van der Waals surface area contributed by atoms with E-state index in [1.165, 1.54) is 0 Å². The average Bonchev–Trinajstić information content (AvgIpc) is 3.00. The molecule has 0 radical (unpaired) electrons. The summed E-state index contributed by atoms with van der Waals surface area (Å²) in [5, 5.41) is 7.48. The lowest BCUT2D eigenvalue weighted by Gasteiger charge is -2.34. The van der Waals surface area contributed by atoms with Crippen molar-refractivity contribution in [2.45, 2.75) is 63.6 Å². The van der Waals surface area contributed by atoms with Crippen LogP contribution in [0.4, 0.5) is 20.4 Å². The highest BCUT2D eigenvalue weighted by atomic mass is 19.3. The predicted molar refractivity (Wildman–Crippen MR) is 107 cm³/mol. The van der Waals surface area contributed by atoms with Crippen molar-refractivity contribution in [1.82, 2.24) is 24.6 Å². The van der Waals surface area contributed by atoms with E-state index in [0.29, 0.717) is 12.4 Å². The van der Waals surface area contributed by atoms with Crippen LogP contribution in [-0.4, -0.2) is 48.6 Å². The van der Waals surface area contributed by atoms with E-state index in [1.54, 1.807) is 17.3 Å². The van der Waals surface area contributed by atoms with Crippen LogP contribution in [0.3, 0.4) is 0 Å².